The van der Waals surface area contributed by atoms with E-state index in [0.29, 0.717) is 12.0 Å². The zero-order valence-electron chi connectivity index (χ0n) is 6.93. The van der Waals surface area contributed by atoms with Crippen molar-refractivity contribution in [2.24, 2.45) is 0 Å². The van der Waals surface area contributed by atoms with E-state index in [1.165, 1.54) is 6.20 Å². The number of halogens is 3. The van der Waals surface area contributed by atoms with Gasteiger partial charge in [-0.15, -0.1) is 0 Å². The molecule has 0 amide bonds. The van der Waals surface area contributed by atoms with Gasteiger partial charge in [0.2, 0.25) is 5.88 Å². The summed E-state index contributed by atoms with van der Waals surface area (Å²) in [6.07, 6.45) is 2.03. The molecule has 0 unspecified atom stereocenters. The van der Waals surface area contributed by atoms with Crippen molar-refractivity contribution in [2.45, 2.75) is 20.0 Å². The molecule has 0 aliphatic rings. The number of aromatic nitrogens is 1. The highest BCUT2D eigenvalue weighted by molar-refractivity contribution is 9.10. The first-order chi connectivity index (χ1) is 6.13. The van der Waals surface area contributed by atoms with Gasteiger partial charge in [0.05, 0.1) is 0 Å². The highest BCUT2D eigenvalue weighted by atomic mass is 79.9. The molecule has 5 heteroatoms. The van der Waals surface area contributed by atoms with Crippen LogP contribution in [-0.2, 0) is 6.42 Å². The van der Waals surface area contributed by atoms with E-state index < -0.39 is 6.61 Å². The van der Waals surface area contributed by atoms with Crippen LogP contribution in [0.15, 0.2) is 16.7 Å². The molecular formula is C8H8BrF2NO. The fourth-order valence-electron chi connectivity index (χ4n) is 0.912. The largest absolute Gasteiger partial charge is 0.417 e. The second-order valence-corrected chi connectivity index (χ2v) is 3.27. The molecule has 0 saturated carbocycles. The predicted octanol–water partition coefficient (Wildman–Crippen LogP) is 3.01. The van der Waals surface area contributed by atoms with Gasteiger partial charge in [-0.05, 0) is 28.4 Å². The third kappa shape index (κ3) is 2.91. The Labute approximate surface area is 83.1 Å². The molecule has 0 bridgehead atoms. The monoisotopic (exact) mass is 251 g/mol. The molecule has 0 atom stereocenters. The number of hydrogen-bond donors (Lipinski definition) is 0. The standard InChI is InChI=1S/C8H8BrF2NO/c1-2-5-3-6(9)4-12-7(5)13-8(10)11/h3-4,8H,2H2,1H3. The van der Waals surface area contributed by atoms with Crippen molar-refractivity contribution in [2.75, 3.05) is 0 Å². The lowest BCUT2D eigenvalue weighted by Gasteiger charge is -2.07. The SMILES string of the molecule is CCc1cc(Br)cnc1OC(F)F. The maximum absolute atomic E-state index is 11.9. The Morgan fingerprint density at radius 2 is 2.31 bits per heavy atom. The smallest absolute Gasteiger partial charge is 0.388 e. The minimum Gasteiger partial charge on any atom is -0.417 e. The third-order valence-electron chi connectivity index (χ3n) is 1.47. The number of ether oxygens (including phenoxy) is 1. The van der Waals surface area contributed by atoms with Gasteiger partial charge in [0.25, 0.3) is 0 Å². The van der Waals surface area contributed by atoms with Gasteiger partial charge in [-0.3, -0.25) is 0 Å². The maximum atomic E-state index is 11.9. The zero-order valence-corrected chi connectivity index (χ0v) is 8.51. The Kier molecular flexibility index (Phi) is 3.59. The Bertz CT molecular complexity index is 293. The highest BCUT2D eigenvalue weighted by Gasteiger charge is 2.09. The van der Waals surface area contributed by atoms with Crippen molar-refractivity contribution in [3.8, 4) is 5.88 Å². The summed E-state index contributed by atoms with van der Waals surface area (Å²) in [5, 5.41) is 0. The molecule has 1 heterocycles. The normalized spacial score (nSPS) is 10.5. The van der Waals surface area contributed by atoms with E-state index in [0.717, 1.165) is 4.47 Å². The van der Waals surface area contributed by atoms with E-state index in [4.69, 9.17) is 0 Å². The van der Waals surface area contributed by atoms with Crippen molar-refractivity contribution < 1.29 is 13.5 Å². The van der Waals surface area contributed by atoms with Gasteiger partial charge in [-0.1, -0.05) is 6.92 Å². The van der Waals surface area contributed by atoms with Crippen molar-refractivity contribution in [3.05, 3.63) is 22.3 Å². The van der Waals surface area contributed by atoms with Crippen LogP contribution in [0.1, 0.15) is 12.5 Å². The van der Waals surface area contributed by atoms with Crippen molar-refractivity contribution in [1.29, 1.82) is 0 Å². The molecule has 0 aliphatic heterocycles. The molecule has 0 saturated heterocycles. The summed E-state index contributed by atoms with van der Waals surface area (Å²) >= 11 is 3.20. The third-order valence-corrected chi connectivity index (χ3v) is 1.91. The Morgan fingerprint density at radius 1 is 1.62 bits per heavy atom. The Balaban J connectivity index is 2.92. The fraction of sp³-hybridized carbons (Fsp3) is 0.375. The molecule has 0 radical (unpaired) electrons. The number of pyridine rings is 1. The molecular weight excluding hydrogens is 244 g/mol. The number of aryl methyl sites for hydroxylation is 1. The quantitative estimate of drug-likeness (QED) is 0.824. The molecule has 1 aromatic rings. The van der Waals surface area contributed by atoms with Gasteiger partial charge in [0.15, 0.2) is 0 Å². The average Bonchev–Trinajstić information content (AvgIpc) is 2.07. The lowest BCUT2D eigenvalue weighted by atomic mass is 10.2. The van der Waals surface area contributed by atoms with Gasteiger partial charge in [0, 0.05) is 16.2 Å². The molecule has 72 valence electrons. The topological polar surface area (TPSA) is 22.1 Å². The lowest BCUT2D eigenvalue weighted by Crippen LogP contribution is -2.05. The van der Waals surface area contributed by atoms with E-state index >= 15 is 0 Å². The maximum Gasteiger partial charge on any atom is 0.388 e. The Hall–Kier alpha value is -0.710. The number of rotatable bonds is 3. The number of hydrogen-bond acceptors (Lipinski definition) is 2. The first-order valence-corrected chi connectivity index (χ1v) is 4.52. The highest BCUT2D eigenvalue weighted by Crippen LogP contribution is 2.21. The summed E-state index contributed by atoms with van der Waals surface area (Å²) < 4.78 is 28.7. The van der Waals surface area contributed by atoms with E-state index in [2.05, 4.69) is 25.7 Å². The second-order valence-electron chi connectivity index (χ2n) is 2.35. The molecule has 0 spiro atoms. The molecule has 0 aromatic carbocycles. The summed E-state index contributed by atoms with van der Waals surface area (Å²) in [5.74, 6) is 0.000648. The van der Waals surface area contributed by atoms with Crippen LogP contribution in [0.2, 0.25) is 0 Å². The van der Waals surface area contributed by atoms with Crippen LogP contribution < -0.4 is 4.74 Å². The lowest BCUT2D eigenvalue weighted by molar-refractivity contribution is -0.0534. The van der Waals surface area contributed by atoms with Crippen LogP contribution in [0.3, 0.4) is 0 Å². The molecule has 0 aliphatic carbocycles. The van der Waals surface area contributed by atoms with Crippen LogP contribution in [0, 0.1) is 0 Å². The van der Waals surface area contributed by atoms with Crippen molar-refractivity contribution >= 4 is 15.9 Å². The van der Waals surface area contributed by atoms with Crippen LogP contribution in [-0.4, -0.2) is 11.6 Å². The minimum atomic E-state index is -2.82. The van der Waals surface area contributed by atoms with Gasteiger partial charge >= 0.3 is 6.61 Å². The zero-order chi connectivity index (χ0) is 9.84. The van der Waals surface area contributed by atoms with Gasteiger partial charge in [0.1, 0.15) is 0 Å². The van der Waals surface area contributed by atoms with Gasteiger partial charge in [-0.2, -0.15) is 8.78 Å². The van der Waals surface area contributed by atoms with Crippen LogP contribution in [0.5, 0.6) is 5.88 Å². The first-order valence-electron chi connectivity index (χ1n) is 3.72. The van der Waals surface area contributed by atoms with E-state index in [-0.39, 0.29) is 5.88 Å². The van der Waals surface area contributed by atoms with Crippen LogP contribution >= 0.6 is 15.9 Å². The fourth-order valence-corrected chi connectivity index (χ4v) is 1.29. The summed E-state index contributed by atoms with van der Waals surface area (Å²) in [5.41, 5.74) is 0.662. The summed E-state index contributed by atoms with van der Waals surface area (Å²) in [7, 11) is 0. The summed E-state index contributed by atoms with van der Waals surface area (Å²) in [4.78, 5) is 3.74. The Morgan fingerprint density at radius 3 is 2.85 bits per heavy atom. The van der Waals surface area contributed by atoms with Crippen LogP contribution in [0.25, 0.3) is 0 Å². The molecule has 1 rings (SSSR count). The first kappa shape index (κ1) is 10.4. The molecule has 0 fully saturated rings. The van der Waals surface area contributed by atoms with Crippen molar-refractivity contribution in [1.82, 2.24) is 4.98 Å². The summed E-state index contributed by atoms with van der Waals surface area (Å²) in [6.45, 7) is -0.971. The molecule has 2 nitrogen and oxygen atoms in total. The predicted molar refractivity (Wildman–Crippen MR) is 47.9 cm³/mol. The molecule has 1 aromatic heterocycles. The average molecular weight is 252 g/mol. The second kappa shape index (κ2) is 4.50. The molecule has 0 N–H and O–H groups in total. The summed E-state index contributed by atoms with van der Waals surface area (Å²) in [6, 6.07) is 1.71. The van der Waals surface area contributed by atoms with Gasteiger partial charge < -0.3 is 4.74 Å². The van der Waals surface area contributed by atoms with Crippen molar-refractivity contribution in [3.63, 3.8) is 0 Å². The van der Waals surface area contributed by atoms with Gasteiger partial charge in [-0.25, -0.2) is 4.98 Å². The number of nitrogens with zero attached hydrogens (tertiary/aromatic N) is 1. The van der Waals surface area contributed by atoms with E-state index in [1.54, 1.807) is 6.07 Å². The van der Waals surface area contributed by atoms with Crippen LogP contribution in [0.4, 0.5) is 8.78 Å². The molecule has 13 heavy (non-hydrogen) atoms. The van der Waals surface area contributed by atoms with E-state index in [1.807, 2.05) is 6.92 Å². The minimum absolute atomic E-state index is 0.000648. The number of alkyl halides is 2. The van der Waals surface area contributed by atoms with E-state index in [9.17, 15) is 8.78 Å².